The Morgan fingerprint density at radius 1 is 0.970 bits per heavy atom. The molecule has 6 nitrogen and oxygen atoms in total. The van der Waals surface area contributed by atoms with E-state index in [0.717, 1.165) is 27.8 Å². The molecule has 0 fully saturated rings. The van der Waals surface area contributed by atoms with Gasteiger partial charge in [0.25, 0.3) is 0 Å². The van der Waals surface area contributed by atoms with Crippen LogP contribution in [-0.4, -0.2) is 57.8 Å². The first kappa shape index (κ1) is 22.9. The summed E-state index contributed by atoms with van der Waals surface area (Å²) < 4.78 is 10.9. The van der Waals surface area contributed by atoms with Crippen LogP contribution in [0, 0.1) is 0 Å². The Bertz CT molecular complexity index is 1100. The van der Waals surface area contributed by atoms with Gasteiger partial charge in [0, 0.05) is 0 Å². The van der Waals surface area contributed by atoms with Gasteiger partial charge in [-0.2, -0.15) is 0 Å². The molecule has 0 radical (unpaired) electrons. The number of carboxylic acid groups (broad SMARTS) is 1. The van der Waals surface area contributed by atoms with E-state index in [2.05, 4.69) is 28.1 Å². The van der Waals surface area contributed by atoms with Crippen LogP contribution in [0.3, 0.4) is 0 Å². The van der Waals surface area contributed by atoms with Crippen LogP contribution < -0.4 is 4.74 Å². The number of methoxy groups -OCH3 is 1. The summed E-state index contributed by atoms with van der Waals surface area (Å²) in [5, 5.41) is 9.92. The van der Waals surface area contributed by atoms with Crippen molar-refractivity contribution < 1.29 is 24.2 Å². The number of benzene rings is 3. The number of carbonyl (C=O) groups is 2. The average molecular weight is 510 g/mol. The van der Waals surface area contributed by atoms with Crippen molar-refractivity contribution in [3.8, 4) is 16.9 Å². The second kappa shape index (κ2) is 10.1. The van der Waals surface area contributed by atoms with E-state index in [4.69, 9.17) is 9.47 Å². The second-order valence-corrected chi connectivity index (χ2v) is 8.58. The van der Waals surface area contributed by atoms with Gasteiger partial charge in [-0.15, -0.1) is 0 Å². The molecule has 3 aromatic rings. The van der Waals surface area contributed by atoms with Crippen molar-refractivity contribution in [1.29, 1.82) is 0 Å². The second-order valence-electron chi connectivity index (χ2n) is 7.82. The molecule has 170 valence electrons. The van der Waals surface area contributed by atoms with Crippen molar-refractivity contribution in [3.63, 3.8) is 0 Å². The van der Waals surface area contributed by atoms with Gasteiger partial charge in [-0.05, 0) is 0 Å². The Morgan fingerprint density at radius 3 is 2.06 bits per heavy atom. The van der Waals surface area contributed by atoms with Crippen LogP contribution in [0.15, 0.2) is 72.8 Å². The summed E-state index contributed by atoms with van der Waals surface area (Å²) in [6.07, 6.45) is -0.647. The van der Waals surface area contributed by atoms with E-state index >= 15 is 0 Å². The fourth-order valence-corrected chi connectivity index (χ4v) is 4.96. The third-order valence-corrected chi connectivity index (χ3v) is 6.64. The third kappa shape index (κ3) is 4.75. The van der Waals surface area contributed by atoms with Crippen molar-refractivity contribution in [2.24, 2.45) is 0 Å². The zero-order valence-corrected chi connectivity index (χ0v) is 20.1. The van der Waals surface area contributed by atoms with Crippen molar-refractivity contribution in [1.82, 2.24) is 4.90 Å². The van der Waals surface area contributed by atoms with Gasteiger partial charge in [-0.1, -0.05) is 0 Å². The first-order valence-corrected chi connectivity index (χ1v) is 11.9. The SMILES string of the molecule is COc1ccc(CN(C(=O)OCC2c3ccccc3-c3ccccc32)[C@@H](C[SeH])C(=O)O)cc1. The molecule has 0 aliphatic heterocycles. The fourth-order valence-electron chi connectivity index (χ4n) is 4.22. The molecular formula is C26H25NO5Se. The molecule has 0 spiro atoms. The van der Waals surface area contributed by atoms with E-state index < -0.39 is 18.1 Å². The van der Waals surface area contributed by atoms with Gasteiger partial charge >= 0.3 is 201 Å². The molecule has 1 atom stereocenters. The number of hydrogen-bond acceptors (Lipinski definition) is 4. The monoisotopic (exact) mass is 511 g/mol. The molecule has 0 unspecified atom stereocenters. The summed E-state index contributed by atoms with van der Waals surface area (Å²) in [7, 11) is 1.58. The van der Waals surface area contributed by atoms with Crippen molar-refractivity contribution in [2.45, 2.75) is 23.8 Å². The summed E-state index contributed by atoms with van der Waals surface area (Å²) in [5.74, 6) is -0.476. The van der Waals surface area contributed by atoms with Crippen LogP contribution in [0.25, 0.3) is 11.1 Å². The summed E-state index contributed by atoms with van der Waals surface area (Å²) in [4.78, 5) is 26.3. The topological polar surface area (TPSA) is 76.1 Å². The molecule has 7 heteroatoms. The van der Waals surface area contributed by atoms with Gasteiger partial charge in [-0.3, -0.25) is 0 Å². The maximum absolute atomic E-state index is 13.2. The van der Waals surface area contributed by atoms with Gasteiger partial charge in [-0.25, -0.2) is 0 Å². The van der Waals surface area contributed by atoms with Crippen molar-refractivity contribution in [3.05, 3.63) is 89.5 Å². The van der Waals surface area contributed by atoms with Crippen LogP contribution in [-0.2, 0) is 16.1 Å². The van der Waals surface area contributed by atoms with Crippen LogP contribution in [0.4, 0.5) is 4.79 Å². The predicted molar refractivity (Wildman–Crippen MR) is 127 cm³/mol. The van der Waals surface area contributed by atoms with E-state index in [1.54, 1.807) is 19.2 Å². The standard InChI is InChI=1S/C26H25NO5Se/c1-31-18-12-10-17(11-13-18)14-27(24(16-33)25(28)29)26(30)32-15-23-21-8-4-2-6-19(21)20-7-3-5-9-22(20)23/h2-13,23-24,33H,14-16H2,1H3,(H,28,29)/t24-/m0/s1. The van der Waals surface area contributed by atoms with Crippen molar-refractivity contribution >= 4 is 28.1 Å². The third-order valence-electron chi connectivity index (χ3n) is 5.92. The molecule has 0 bridgehead atoms. The van der Waals surface area contributed by atoms with E-state index in [-0.39, 0.29) is 24.4 Å². The Kier molecular flexibility index (Phi) is 7.01. The molecule has 33 heavy (non-hydrogen) atoms. The van der Waals surface area contributed by atoms with Crippen LogP contribution in [0.1, 0.15) is 22.6 Å². The molecule has 0 heterocycles. The number of nitrogens with zero attached hydrogens (tertiary/aromatic N) is 1. The minimum atomic E-state index is -1.07. The molecule has 0 aromatic heterocycles. The molecular weight excluding hydrogens is 485 g/mol. The fraction of sp³-hybridized carbons (Fsp3) is 0.231. The Labute approximate surface area is 200 Å². The first-order chi connectivity index (χ1) is 16.0. The molecule has 1 aliphatic rings. The number of fused-ring (bicyclic) bond motifs is 3. The maximum atomic E-state index is 13.2. The van der Waals surface area contributed by atoms with E-state index in [1.165, 1.54) is 4.90 Å². The normalized spacial score (nSPS) is 13.0. The summed E-state index contributed by atoms with van der Waals surface area (Å²) in [6.45, 7) is 0.256. The Hall–Kier alpha value is -3.28. The number of hydrogen-bond donors (Lipinski definition) is 1. The van der Waals surface area contributed by atoms with E-state index in [0.29, 0.717) is 5.75 Å². The molecule has 4 rings (SSSR count). The number of amides is 1. The molecule has 0 saturated carbocycles. The summed E-state index contributed by atoms with van der Waals surface area (Å²) in [5.41, 5.74) is 5.28. The number of rotatable bonds is 8. The average Bonchev–Trinajstić information content (AvgIpc) is 3.16. The number of ether oxygens (including phenoxy) is 2. The Balaban J connectivity index is 1.55. The summed E-state index contributed by atoms with van der Waals surface area (Å²) in [6, 6.07) is 22.4. The zero-order valence-electron chi connectivity index (χ0n) is 18.2. The number of aliphatic carboxylic acids is 1. The number of carboxylic acids is 1. The molecule has 1 aliphatic carbocycles. The van der Waals surface area contributed by atoms with Gasteiger partial charge in [0.05, 0.1) is 0 Å². The number of carbonyl (C=O) groups excluding carboxylic acids is 1. The predicted octanol–water partition coefficient (Wildman–Crippen LogP) is 4.22. The van der Waals surface area contributed by atoms with Crippen LogP contribution in [0.5, 0.6) is 5.75 Å². The molecule has 1 N–H and O–H groups in total. The van der Waals surface area contributed by atoms with Crippen LogP contribution in [0.2, 0.25) is 5.32 Å². The first-order valence-electron chi connectivity index (χ1n) is 10.6. The quantitative estimate of drug-likeness (QED) is 0.460. The summed E-state index contributed by atoms with van der Waals surface area (Å²) >= 11 is 2.24. The van der Waals surface area contributed by atoms with Gasteiger partial charge in [0.2, 0.25) is 0 Å². The van der Waals surface area contributed by atoms with E-state index in [1.807, 2.05) is 48.5 Å². The Morgan fingerprint density at radius 2 is 1.55 bits per heavy atom. The molecule has 3 aromatic carbocycles. The van der Waals surface area contributed by atoms with E-state index in [9.17, 15) is 14.7 Å². The minimum absolute atomic E-state index is 0.0927. The molecule has 1 amide bonds. The molecule has 0 saturated heterocycles. The van der Waals surface area contributed by atoms with Gasteiger partial charge in [0.1, 0.15) is 0 Å². The van der Waals surface area contributed by atoms with Crippen LogP contribution >= 0.6 is 0 Å². The van der Waals surface area contributed by atoms with Gasteiger partial charge < -0.3 is 0 Å². The van der Waals surface area contributed by atoms with Gasteiger partial charge in [0.15, 0.2) is 0 Å². The van der Waals surface area contributed by atoms with Crippen molar-refractivity contribution in [2.75, 3.05) is 13.7 Å². The zero-order chi connectivity index (χ0) is 23.4.